The summed E-state index contributed by atoms with van der Waals surface area (Å²) < 4.78 is 23.6. The fraction of sp³-hybridized carbons (Fsp3) is 0.316. The highest BCUT2D eigenvalue weighted by Crippen LogP contribution is 2.39. The van der Waals surface area contributed by atoms with Crippen molar-refractivity contribution in [3.8, 4) is 11.5 Å². The number of urea groups is 1. The molecule has 6 nitrogen and oxygen atoms in total. The van der Waals surface area contributed by atoms with E-state index in [0.29, 0.717) is 23.6 Å². The van der Waals surface area contributed by atoms with Crippen LogP contribution >= 0.6 is 0 Å². The lowest BCUT2D eigenvalue weighted by Gasteiger charge is -2.34. The van der Waals surface area contributed by atoms with Crippen LogP contribution in [0, 0.1) is 5.82 Å². The van der Waals surface area contributed by atoms with Crippen molar-refractivity contribution in [3.05, 3.63) is 58.9 Å². The molecular weight excluding hydrogens is 339 g/mol. The average Bonchev–Trinajstić information content (AvgIpc) is 2.66. The molecule has 1 aliphatic heterocycles. The molecule has 1 heterocycles. The Hall–Kier alpha value is -2.80. The van der Waals surface area contributed by atoms with Crippen molar-refractivity contribution in [2.24, 2.45) is 0 Å². The van der Waals surface area contributed by atoms with E-state index >= 15 is 0 Å². The number of hydrogen-bond acceptors (Lipinski definition) is 4. The van der Waals surface area contributed by atoms with Crippen molar-refractivity contribution in [1.82, 2.24) is 10.2 Å². The van der Waals surface area contributed by atoms with Gasteiger partial charge in [0.2, 0.25) is 0 Å². The number of halogens is 1. The van der Waals surface area contributed by atoms with E-state index in [1.165, 1.54) is 24.1 Å². The number of amides is 2. The second kappa shape index (κ2) is 7.61. The number of aliphatic hydroxyl groups is 1. The number of ether oxygens (including phenoxy) is 2. The Bertz CT molecular complexity index is 795. The summed E-state index contributed by atoms with van der Waals surface area (Å²) in [6, 6.07) is 9.10. The molecule has 26 heavy (non-hydrogen) atoms. The number of benzene rings is 2. The summed E-state index contributed by atoms with van der Waals surface area (Å²) in [7, 11) is 3.08. The number of nitrogens with zero attached hydrogens (tertiary/aromatic N) is 1. The smallest absolute Gasteiger partial charge is 0.318 e. The molecule has 1 unspecified atom stereocenters. The van der Waals surface area contributed by atoms with Gasteiger partial charge in [0.05, 0.1) is 27.3 Å². The van der Waals surface area contributed by atoms with Gasteiger partial charge in [0.1, 0.15) is 23.4 Å². The molecule has 0 aliphatic carbocycles. The van der Waals surface area contributed by atoms with E-state index < -0.39 is 6.10 Å². The zero-order valence-corrected chi connectivity index (χ0v) is 14.7. The van der Waals surface area contributed by atoms with Crippen LogP contribution in [0.4, 0.5) is 9.18 Å². The molecule has 7 heteroatoms. The van der Waals surface area contributed by atoms with E-state index in [1.54, 1.807) is 31.4 Å². The summed E-state index contributed by atoms with van der Waals surface area (Å²) in [5.41, 5.74) is 2.16. The number of carbonyl (C=O) groups is 1. The van der Waals surface area contributed by atoms with Gasteiger partial charge in [0.25, 0.3) is 0 Å². The standard InChI is InChI=1S/C19H21FN2O4/c1-25-16-7-8-17(26-2)18-14(16)10-22(11-15(18)23)19(24)21-9-12-3-5-13(20)6-4-12/h3-8,15,23H,9-11H2,1-2H3,(H,21,24). The molecule has 0 spiro atoms. The second-order valence-corrected chi connectivity index (χ2v) is 6.04. The lowest BCUT2D eigenvalue weighted by molar-refractivity contribution is 0.100. The predicted octanol–water partition coefficient (Wildman–Crippen LogP) is 2.60. The van der Waals surface area contributed by atoms with E-state index in [9.17, 15) is 14.3 Å². The average molecular weight is 360 g/mol. The minimum absolute atomic E-state index is 0.145. The molecule has 0 saturated carbocycles. The molecule has 2 amide bonds. The zero-order chi connectivity index (χ0) is 18.7. The summed E-state index contributed by atoms with van der Waals surface area (Å²) in [4.78, 5) is 14.0. The molecule has 0 aromatic heterocycles. The minimum atomic E-state index is -0.875. The number of nitrogens with one attached hydrogen (secondary N) is 1. The van der Waals surface area contributed by atoms with Crippen LogP contribution in [-0.4, -0.2) is 36.8 Å². The van der Waals surface area contributed by atoms with Crippen LogP contribution in [0.5, 0.6) is 11.5 Å². The Balaban J connectivity index is 1.75. The van der Waals surface area contributed by atoms with E-state index in [0.717, 1.165) is 11.1 Å². The molecule has 2 aromatic rings. The van der Waals surface area contributed by atoms with Crippen LogP contribution in [-0.2, 0) is 13.1 Å². The van der Waals surface area contributed by atoms with E-state index in [2.05, 4.69) is 5.32 Å². The molecule has 1 aliphatic rings. The van der Waals surface area contributed by atoms with Crippen molar-refractivity contribution >= 4 is 6.03 Å². The van der Waals surface area contributed by atoms with Gasteiger partial charge in [-0.2, -0.15) is 0 Å². The summed E-state index contributed by atoms with van der Waals surface area (Å²) in [6.07, 6.45) is -0.875. The van der Waals surface area contributed by atoms with Crippen LogP contribution < -0.4 is 14.8 Å². The van der Waals surface area contributed by atoms with Crippen molar-refractivity contribution in [3.63, 3.8) is 0 Å². The first kappa shape index (κ1) is 18.0. The summed E-state index contributed by atoms with van der Waals surface area (Å²) in [6.45, 7) is 0.710. The molecule has 3 rings (SSSR count). The third-order valence-corrected chi connectivity index (χ3v) is 4.43. The zero-order valence-electron chi connectivity index (χ0n) is 14.7. The Labute approximate surface area is 151 Å². The van der Waals surface area contributed by atoms with Gasteiger partial charge in [-0.05, 0) is 29.8 Å². The third kappa shape index (κ3) is 3.57. The van der Waals surface area contributed by atoms with Gasteiger partial charge in [0.15, 0.2) is 0 Å². The Morgan fingerprint density at radius 3 is 2.50 bits per heavy atom. The summed E-state index contributed by atoms with van der Waals surface area (Å²) in [5, 5.41) is 13.3. The number of aliphatic hydroxyl groups excluding tert-OH is 1. The predicted molar refractivity (Wildman–Crippen MR) is 93.6 cm³/mol. The fourth-order valence-electron chi connectivity index (χ4n) is 3.12. The molecule has 0 fully saturated rings. The van der Waals surface area contributed by atoms with Crippen LogP contribution in [0.15, 0.2) is 36.4 Å². The minimum Gasteiger partial charge on any atom is -0.496 e. The van der Waals surface area contributed by atoms with Crippen molar-refractivity contribution in [2.45, 2.75) is 19.2 Å². The third-order valence-electron chi connectivity index (χ3n) is 4.43. The fourth-order valence-corrected chi connectivity index (χ4v) is 3.12. The summed E-state index contributed by atoms with van der Waals surface area (Å²) >= 11 is 0. The quantitative estimate of drug-likeness (QED) is 0.879. The first-order chi connectivity index (χ1) is 12.5. The van der Waals surface area contributed by atoms with Crippen molar-refractivity contribution in [2.75, 3.05) is 20.8 Å². The molecule has 0 saturated heterocycles. The number of methoxy groups -OCH3 is 2. The molecule has 0 radical (unpaired) electrons. The topological polar surface area (TPSA) is 71.0 Å². The van der Waals surface area contributed by atoms with Crippen molar-refractivity contribution in [1.29, 1.82) is 0 Å². The highest BCUT2D eigenvalue weighted by Gasteiger charge is 2.31. The van der Waals surface area contributed by atoms with Gasteiger partial charge in [-0.15, -0.1) is 0 Å². The van der Waals surface area contributed by atoms with Gasteiger partial charge < -0.3 is 24.8 Å². The Kier molecular flexibility index (Phi) is 5.27. The molecular formula is C19H21FN2O4. The van der Waals surface area contributed by atoms with Crippen LogP contribution in [0.1, 0.15) is 22.8 Å². The molecule has 138 valence electrons. The van der Waals surface area contributed by atoms with Gasteiger partial charge in [-0.3, -0.25) is 0 Å². The van der Waals surface area contributed by atoms with Gasteiger partial charge >= 0.3 is 6.03 Å². The SMILES string of the molecule is COc1ccc(OC)c2c1CN(C(=O)NCc1ccc(F)cc1)CC2O. The first-order valence-corrected chi connectivity index (χ1v) is 8.22. The number of hydrogen-bond donors (Lipinski definition) is 2. The monoisotopic (exact) mass is 360 g/mol. The second-order valence-electron chi connectivity index (χ2n) is 6.04. The van der Waals surface area contributed by atoms with Crippen LogP contribution in [0.2, 0.25) is 0 Å². The highest BCUT2D eigenvalue weighted by atomic mass is 19.1. The molecule has 1 atom stereocenters. The lowest BCUT2D eigenvalue weighted by Crippen LogP contribution is -2.44. The van der Waals surface area contributed by atoms with Gasteiger partial charge in [-0.25, -0.2) is 9.18 Å². The maximum Gasteiger partial charge on any atom is 0.318 e. The maximum atomic E-state index is 12.9. The van der Waals surface area contributed by atoms with E-state index in [1.807, 2.05) is 0 Å². The van der Waals surface area contributed by atoms with Crippen LogP contribution in [0.25, 0.3) is 0 Å². The Morgan fingerprint density at radius 1 is 1.19 bits per heavy atom. The van der Waals surface area contributed by atoms with Gasteiger partial charge in [0, 0.05) is 17.7 Å². The highest BCUT2D eigenvalue weighted by molar-refractivity contribution is 5.75. The summed E-state index contributed by atoms with van der Waals surface area (Å²) in [5.74, 6) is 0.840. The normalized spacial score (nSPS) is 16.0. The number of rotatable bonds is 4. The largest absolute Gasteiger partial charge is 0.496 e. The van der Waals surface area contributed by atoms with Crippen molar-refractivity contribution < 1.29 is 23.8 Å². The molecule has 0 bridgehead atoms. The van der Waals surface area contributed by atoms with Gasteiger partial charge in [-0.1, -0.05) is 12.1 Å². The first-order valence-electron chi connectivity index (χ1n) is 8.22. The van der Waals surface area contributed by atoms with Crippen LogP contribution in [0.3, 0.4) is 0 Å². The Morgan fingerprint density at radius 2 is 1.85 bits per heavy atom. The number of carbonyl (C=O) groups excluding carboxylic acids is 1. The number of fused-ring (bicyclic) bond motifs is 1. The molecule has 2 aromatic carbocycles. The number of β-amino-alcohol motifs (C(OH)–C–C–N with tert-alkyl or cyclic N) is 1. The lowest BCUT2D eigenvalue weighted by atomic mass is 9.95. The molecule has 2 N–H and O–H groups in total. The van der Waals surface area contributed by atoms with E-state index in [4.69, 9.17) is 9.47 Å². The van der Waals surface area contributed by atoms with E-state index in [-0.39, 0.29) is 24.9 Å². The maximum absolute atomic E-state index is 12.9.